The number of carbonyl (C=O) groups is 1. The molecule has 1 atom stereocenters. The number of amides is 2. The lowest BCUT2D eigenvalue weighted by Gasteiger charge is -2.19. The summed E-state index contributed by atoms with van der Waals surface area (Å²) in [6.45, 7) is 1.52. The molecule has 8 heteroatoms. The zero-order valence-corrected chi connectivity index (χ0v) is 8.39. The van der Waals surface area contributed by atoms with Crippen LogP contribution in [0.2, 0.25) is 0 Å². The summed E-state index contributed by atoms with van der Waals surface area (Å²) in [4.78, 5) is 10.9. The molecular formula is C5H9ClN2O4S. The van der Waals surface area contributed by atoms with Gasteiger partial charge < -0.3 is 5.32 Å². The van der Waals surface area contributed by atoms with Crippen LogP contribution < -0.4 is 5.32 Å². The largest absolute Gasteiger partial charge is 0.332 e. The van der Waals surface area contributed by atoms with Crippen LogP contribution in [0, 0.1) is 0 Å². The van der Waals surface area contributed by atoms with Gasteiger partial charge in [-0.2, -0.15) is 8.42 Å². The van der Waals surface area contributed by atoms with E-state index in [1.54, 1.807) is 0 Å². The average molecular weight is 229 g/mol. The molecule has 6 nitrogen and oxygen atoms in total. The van der Waals surface area contributed by atoms with Gasteiger partial charge in [0.05, 0.1) is 12.1 Å². The van der Waals surface area contributed by atoms with Gasteiger partial charge in [-0.3, -0.25) is 4.55 Å². The highest BCUT2D eigenvalue weighted by Crippen LogP contribution is 2.18. The summed E-state index contributed by atoms with van der Waals surface area (Å²) < 4.78 is 30.5. The van der Waals surface area contributed by atoms with Crippen LogP contribution in [0.5, 0.6) is 0 Å². The third-order valence-electron chi connectivity index (χ3n) is 1.62. The van der Waals surface area contributed by atoms with Gasteiger partial charge >= 0.3 is 6.03 Å². The Hall–Kier alpha value is -0.530. The molecule has 2 N–H and O–H groups in total. The van der Waals surface area contributed by atoms with Gasteiger partial charge in [-0.25, -0.2) is 9.21 Å². The minimum absolute atomic E-state index is 0.0349. The molecule has 1 aliphatic rings. The summed E-state index contributed by atoms with van der Waals surface area (Å²) in [5, 5.41) is 2.35. The molecule has 0 spiro atoms. The lowest BCUT2D eigenvalue weighted by Crippen LogP contribution is -2.46. The Morgan fingerprint density at radius 2 is 2.31 bits per heavy atom. The fourth-order valence-corrected chi connectivity index (χ4v) is 2.50. The Morgan fingerprint density at radius 1 is 1.77 bits per heavy atom. The molecule has 0 bridgehead atoms. The van der Waals surface area contributed by atoms with E-state index < -0.39 is 27.4 Å². The molecular weight excluding hydrogens is 220 g/mol. The number of carbonyl (C=O) groups excluding carboxylic acids is 1. The van der Waals surface area contributed by atoms with E-state index in [0.717, 1.165) is 4.42 Å². The van der Waals surface area contributed by atoms with Crippen LogP contribution >= 0.6 is 11.8 Å². The topological polar surface area (TPSA) is 86.7 Å². The number of urea groups is 1. The molecule has 2 amide bonds. The smallest absolute Gasteiger partial charge is 0.329 e. The molecule has 1 heterocycles. The summed E-state index contributed by atoms with van der Waals surface area (Å²) in [7, 11) is -4.11. The molecule has 1 saturated heterocycles. The van der Waals surface area contributed by atoms with Gasteiger partial charge in [0.1, 0.15) is 5.75 Å². The highest BCUT2D eigenvalue weighted by molar-refractivity contribution is 7.85. The van der Waals surface area contributed by atoms with Gasteiger partial charge in [-0.05, 0) is 6.92 Å². The van der Waals surface area contributed by atoms with Crippen LogP contribution in [-0.4, -0.2) is 41.3 Å². The zero-order valence-electron chi connectivity index (χ0n) is 6.82. The molecule has 1 rings (SSSR count). The fraction of sp³-hybridized carbons (Fsp3) is 0.800. The third kappa shape index (κ3) is 2.71. The summed E-state index contributed by atoms with van der Waals surface area (Å²) in [5.41, 5.74) is -1.02. The molecule has 0 radical (unpaired) electrons. The second-order valence-electron chi connectivity index (χ2n) is 3.24. The molecule has 0 aromatic heterocycles. The number of nitrogens with zero attached hydrogens (tertiary/aromatic N) is 1. The minimum atomic E-state index is -4.11. The molecule has 0 aromatic carbocycles. The van der Waals surface area contributed by atoms with Gasteiger partial charge in [-0.15, -0.1) is 0 Å². The van der Waals surface area contributed by atoms with E-state index in [9.17, 15) is 13.2 Å². The average Bonchev–Trinajstić information content (AvgIpc) is 2.00. The van der Waals surface area contributed by atoms with Crippen molar-refractivity contribution in [3.63, 3.8) is 0 Å². The minimum Gasteiger partial charge on any atom is -0.329 e. The maximum atomic E-state index is 10.9. The van der Waals surface area contributed by atoms with Gasteiger partial charge in [0.25, 0.3) is 10.1 Å². The van der Waals surface area contributed by atoms with E-state index in [1.165, 1.54) is 6.92 Å². The number of hydrogen-bond acceptors (Lipinski definition) is 3. The van der Waals surface area contributed by atoms with Crippen molar-refractivity contribution in [1.29, 1.82) is 0 Å². The number of halogens is 1. The van der Waals surface area contributed by atoms with Gasteiger partial charge in [0, 0.05) is 11.8 Å². The second-order valence-corrected chi connectivity index (χ2v) is 5.10. The van der Waals surface area contributed by atoms with E-state index >= 15 is 0 Å². The van der Waals surface area contributed by atoms with E-state index in [1.807, 2.05) is 0 Å². The molecule has 0 saturated carbocycles. The van der Waals surface area contributed by atoms with Crippen molar-refractivity contribution in [3.05, 3.63) is 0 Å². The predicted octanol–water partition coefficient (Wildman–Crippen LogP) is -0.188. The highest BCUT2D eigenvalue weighted by atomic mass is 35.5. The van der Waals surface area contributed by atoms with Crippen LogP contribution in [0.3, 0.4) is 0 Å². The van der Waals surface area contributed by atoms with Crippen molar-refractivity contribution in [3.8, 4) is 0 Å². The first-order valence-electron chi connectivity index (χ1n) is 3.42. The third-order valence-corrected chi connectivity index (χ3v) is 2.89. The van der Waals surface area contributed by atoms with Crippen LogP contribution in [0.15, 0.2) is 0 Å². The Balaban J connectivity index is 2.76. The predicted molar refractivity (Wildman–Crippen MR) is 45.9 cm³/mol. The van der Waals surface area contributed by atoms with Crippen molar-refractivity contribution in [1.82, 2.24) is 9.74 Å². The van der Waals surface area contributed by atoms with Crippen LogP contribution in [0.25, 0.3) is 0 Å². The van der Waals surface area contributed by atoms with E-state index in [-0.39, 0.29) is 6.54 Å². The lowest BCUT2D eigenvalue weighted by molar-refractivity contribution is 0.236. The fourth-order valence-electron chi connectivity index (χ4n) is 1.22. The first kappa shape index (κ1) is 10.6. The van der Waals surface area contributed by atoms with Gasteiger partial charge in [0.15, 0.2) is 0 Å². The van der Waals surface area contributed by atoms with Crippen LogP contribution in [0.4, 0.5) is 4.79 Å². The molecule has 13 heavy (non-hydrogen) atoms. The Kier molecular flexibility index (Phi) is 2.44. The second kappa shape index (κ2) is 3.00. The number of rotatable bonds is 2. The Labute approximate surface area is 80.7 Å². The number of hydrogen-bond donors (Lipinski definition) is 2. The van der Waals surface area contributed by atoms with E-state index in [4.69, 9.17) is 16.3 Å². The monoisotopic (exact) mass is 228 g/mol. The first-order valence-corrected chi connectivity index (χ1v) is 5.37. The highest BCUT2D eigenvalue weighted by Gasteiger charge is 2.41. The maximum absolute atomic E-state index is 10.9. The Morgan fingerprint density at radius 3 is 2.62 bits per heavy atom. The molecule has 1 unspecified atom stereocenters. The quantitative estimate of drug-likeness (QED) is 0.507. The summed E-state index contributed by atoms with van der Waals surface area (Å²) in [6.07, 6.45) is 0. The molecule has 1 aliphatic heterocycles. The summed E-state index contributed by atoms with van der Waals surface area (Å²) >= 11 is 5.42. The van der Waals surface area contributed by atoms with Crippen molar-refractivity contribution in [2.24, 2.45) is 0 Å². The molecule has 76 valence electrons. The standard InChI is InChI=1S/C5H9ClN2O4S/c1-5(3-13(10,11)12)2-8(6)4(9)7-5/h2-3H2,1H3,(H,7,9)(H,10,11,12). The summed E-state index contributed by atoms with van der Waals surface area (Å²) in [5.74, 6) is -0.547. The first-order chi connectivity index (χ1) is 5.72. The molecule has 1 fully saturated rings. The van der Waals surface area contributed by atoms with E-state index in [0.29, 0.717) is 0 Å². The van der Waals surface area contributed by atoms with Crippen LogP contribution in [0.1, 0.15) is 6.92 Å². The summed E-state index contributed by atoms with van der Waals surface area (Å²) in [6, 6.07) is -0.562. The SMILES string of the molecule is CC1(CS(=O)(=O)O)CN(Cl)C(=O)N1. The maximum Gasteiger partial charge on any atom is 0.332 e. The zero-order chi connectivity index (χ0) is 10.3. The lowest BCUT2D eigenvalue weighted by atomic mass is 10.1. The van der Waals surface area contributed by atoms with E-state index in [2.05, 4.69) is 5.32 Å². The molecule has 0 aliphatic carbocycles. The van der Waals surface area contributed by atoms with Crippen molar-refractivity contribution in [2.75, 3.05) is 12.3 Å². The van der Waals surface area contributed by atoms with Crippen molar-refractivity contribution < 1.29 is 17.8 Å². The van der Waals surface area contributed by atoms with Crippen LogP contribution in [-0.2, 0) is 10.1 Å². The number of nitrogens with one attached hydrogen (secondary N) is 1. The van der Waals surface area contributed by atoms with Gasteiger partial charge in [0.2, 0.25) is 0 Å². The molecule has 0 aromatic rings. The Bertz CT molecular complexity index is 329. The van der Waals surface area contributed by atoms with Crippen molar-refractivity contribution in [2.45, 2.75) is 12.5 Å². The normalized spacial score (nSPS) is 29.2. The van der Waals surface area contributed by atoms with Crippen molar-refractivity contribution >= 4 is 27.9 Å². The van der Waals surface area contributed by atoms with Gasteiger partial charge in [-0.1, -0.05) is 0 Å².